The molecule has 0 spiro atoms. The fourth-order valence-electron chi connectivity index (χ4n) is 3.30. The molecule has 0 aliphatic heterocycles. The Morgan fingerprint density at radius 1 is 1.20 bits per heavy atom. The van der Waals surface area contributed by atoms with Gasteiger partial charge in [0.1, 0.15) is 12.6 Å². The van der Waals surface area contributed by atoms with Crippen molar-refractivity contribution in [3.8, 4) is 17.2 Å². The first kappa shape index (κ1) is 17.0. The number of carbonyl (C=O) groups excluding carboxylic acids is 1. The van der Waals surface area contributed by atoms with Crippen molar-refractivity contribution in [1.82, 2.24) is 4.90 Å². The smallest absolute Gasteiger partial charge is 0.410 e. The number of hydrogen-bond acceptors (Lipinski definition) is 4. The Morgan fingerprint density at radius 2 is 1.76 bits per heavy atom. The van der Waals surface area contributed by atoms with Crippen LogP contribution in [0.5, 0.6) is 0 Å². The second kappa shape index (κ2) is 7.37. The summed E-state index contributed by atoms with van der Waals surface area (Å²) in [7, 11) is 0. The lowest BCUT2D eigenvalue weighted by Gasteiger charge is -2.24. The van der Waals surface area contributed by atoms with E-state index in [4.69, 9.17) is 15.1 Å². The summed E-state index contributed by atoms with van der Waals surface area (Å²) in [6.45, 7) is 1.67. The van der Waals surface area contributed by atoms with E-state index < -0.39 is 12.1 Å². The van der Waals surface area contributed by atoms with Gasteiger partial charge < -0.3 is 9.84 Å². The second-order valence-electron chi connectivity index (χ2n) is 6.03. The summed E-state index contributed by atoms with van der Waals surface area (Å²) in [5.74, 6) is -0.0234. The quantitative estimate of drug-likeness (QED) is 0.910. The van der Waals surface area contributed by atoms with E-state index in [2.05, 4.69) is 24.3 Å². The molecule has 1 aliphatic rings. The lowest BCUT2D eigenvalue weighted by Crippen LogP contribution is -2.40. The van der Waals surface area contributed by atoms with Crippen LogP contribution in [0.1, 0.15) is 24.0 Å². The molecule has 128 valence electrons. The molecule has 0 radical (unpaired) electrons. The Balaban J connectivity index is 1.79. The third kappa shape index (κ3) is 3.21. The third-order valence-corrected chi connectivity index (χ3v) is 4.57. The van der Waals surface area contributed by atoms with Crippen LogP contribution in [0.2, 0.25) is 0 Å². The van der Waals surface area contributed by atoms with Crippen molar-refractivity contribution in [2.24, 2.45) is 0 Å². The lowest BCUT2D eigenvalue weighted by atomic mass is 9.98. The maximum absolute atomic E-state index is 12.4. The number of carbonyl (C=O) groups is 1. The number of nitriles is 1. The van der Waals surface area contributed by atoms with Crippen molar-refractivity contribution in [2.75, 3.05) is 19.8 Å². The van der Waals surface area contributed by atoms with Crippen LogP contribution in [0.4, 0.5) is 4.79 Å². The number of amides is 1. The van der Waals surface area contributed by atoms with Gasteiger partial charge in [0.05, 0.1) is 12.7 Å². The molecular weight excluding hydrogens is 316 g/mol. The van der Waals surface area contributed by atoms with Gasteiger partial charge in [-0.1, -0.05) is 48.5 Å². The molecule has 1 aliphatic carbocycles. The van der Waals surface area contributed by atoms with E-state index in [9.17, 15) is 4.79 Å². The predicted octanol–water partition coefficient (Wildman–Crippen LogP) is 3.14. The zero-order valence-electron chi connectivity index (χ0n) is 14.1. The minimum Gasteiger partial charge on any atom is -0.448 e. The minimum atomic E-state index is -0.650. The lowest BCUT2D eigenvalue weighted by molar-refractivity contribution is 0.0857. The van der Waals surface area contributed by atoms with Crippen LogP contribution >= 0.6 is 0 Å². The molecule has 0 saturated carbocycles. The summed E-state index contributed by atoms with van der Waals surface area (Å²) >= 11 is 0. The Bertz CT molecular complexity index is 767. The SMILES string of the molecule is CC(C#N)N(CCO)C(=O)OCC1c2ccccc2-c2ccccc21. The monoisotopic (exact) mass is 336 g/mol. The number of rotatable bonds is 5. The number of benzene rings is 2. The highest BCUT2D eigenvalue weighted by atomic mass is 16.6. The van der Waals surface area contributed by atoms with Crippen LogP contribution in [0.15, 0.2) is 48.5 Å². The van der Waals surface area contributed by atoms with E-state index in [0.717, 1.165) is 22.3 Å². The summed E-state index contributed by atoms with van der Waals surface area (Å²) < 4.78 is 5.50. The molecule has 1 atom stereocenters. The Morgan fingerprint density at radius 3 is 2.28 bits per heavy atom. The molecule has 0 aromatic heterocycles. The molecule has 1 N–H and O–H groups in total. The largest absolute Gasteiger partial charge is 0.448 e. The molecule has 2 aromatic rings. The van der Waals surface area contributed by atoms with Crippen molar-refractivity contribution in [1.29, 1.82) is 5.26 Å². The molecule has 0 fully saturated rings. The summed E-state index contributed by atoms with van der Waals surface area (Å²) in [5, 5.41) is 18.2. The molecule has 5 heteroatoms. The Kier molecular flexibility index (Phi) is 5.01. The van der Waals surface area contributed by atoms with Gasteiger partial charge in [-0.2, -0.15) is 5.26 Å². The Hall–Kier alpha value is -2.84. The van der Waals surface area contributed by atoms with Gasteiger partial charge in [-0.05, 0) is 29.2 Å². The molecule has 1 unspecified atom stereocenters. The van der Waals surface area contributed by atoms with Crippen molar-refractivity contribution in [3.63, 3.8) is 0 Å². The van der Waals surface area contributed by atoms with Gasteiger partial charge in [-0.3, -0.25) is 4.90 Å². The molecule has 0 saturated heterocycles. The number of nitrogens with zero attached hydrogens (tertiary/aromatic N) is 2. The van der Waals surface area contributed by atoms with Gasteiger partial charge >= 0.3 is 6.09 Å². The highest BCUT2D eigenvalue weighted by Gasteiger charge is 2.30. The molecule has 5 nitrogen and oxygen atoms in total. The molecule has 0 bridgehead atoms. The first-order valence-corrected chi connectivity index (χ1v) is 8.29. The van der Waals surface area contributed by atoms with Gasteiger partial charge in [0, 0.05) is 12.5 Å². The summed E-state index contributed by atoms with van der Waals surface area (Å²) in [5.41, 5.74) is 4.60. The first-order valence-electron chi connectivity index (χ1n) is 8.29. The molecule has 2 aromatic carbocycles. The van der Waals surface area contributed by atoms with Crippen molar-refractivity contribution >= 4 is 6.09 Å². The zero-order chi connectivity index (χ0) is 17.8. The molecule has 3 rings (SSSR count). The normalized spacial score (nSPS) is 13.5. The van der Waals surface area contributed by atoms with Crippen LogP contribution in [-0.2, 0) is 4.74 Å². The van der Waals surface area contributed by atoms with Gasteiger partial charge in [0.2, 0.25) is 0 Å². The minimum absolute atomic E-state index is 0.0234. The van der Waals surface area contributed by atoms with Crippen molar-refractivity contribution < 1.29 is 14.6 Å². The first-order chi connectivity index (χ1) is 12.2. The fraction of sp³-hybridized carbons (Fsp3) is 0.300. The summed E-state index contributed by atoms with van der Waals surface area (Å²) in [6, 6.07) is 17.6. The van der Waals surface area contributed by atoms with Crippen molar-refractivity contribution in [2.45, 2.75) is 18.9 Å². The van der Waals surface area contributed by atoms with E-state index in [0.29, 0.717) is 0 Å². The highest BCUT2D eigenvalue weighted by molar-refractivity contribution is 5.79. The van der Waals surface area contributed by atoms with Gasteiger partial charge in [0.25, 0.3) is 0 Å². The van der Waals surface area contributed by atoms with E-state index in [1.807, 2.05) is 30.3 Å². The second-order valence-corrected chi connectivity index (χ2v) is 6.03. The third-order valence-electron chi connectivity index (χ3n) is 4.57. The average molecular weight is 336 g/mol. The summed E-state index contributed by atoms with van der Waals surface area (Å²) in [4.78, 5) is 13.6. The molecule has 1 amide bonds. The van der Waals surface area contributed by atoms with Gasteiger partial charge in [0.15, 0.2) is 0 Å². The highest BCUT2D eigenvalue weighted by Crippen LogP contribution is 2.44. The number of aliphatic hydroxyl groups excluding tert-OH is 1. The van der Waals surface area contributed by atoms with E-state index >= 15 is 0 Å². The van der Waals surface area contributed by atoms with Crippen LogP contribution in [0, 0.1) is 11.3 Å². The predicted molar refractivity (Wildman–Crippen MR) is 93.9 cm³/mol. The Labute approximate surface area is 147 Å². The van der Waals surface area contributed by atoms with Crippen molar-refractivity contribution in [3.05, 3.63) is 59.7 Å². The van der Waals surface area contributed by atoms with E-state index in [-0.39, 0.29) is 25.7 Å². The van der Waals surface area contributed by atoms with Gasteiger partial charge in [-0.25, -0.2) is 4.79 Å². The number of fused-ring (bicyclic) bond motifs is 3. The fourth-order valence-corrected chi connectivity index (χ4v) is 3.30. The number of hydrogen-bond donors (Lipinski definition) is 1. The molecule has 25 heavy (non-hydrogen) atoms. The molecular formula is C20H20N2O3. The van der Waals surface area contributed by atoms with E-state index in [1.54, 1.807) is 6.92 Å². The van der Waals surface area contributed by atoms with Crippen LogP contribution < -0.4 is 0 Å². The number of ether oxygens (including phenoxy) is 1. The topological polar surface area (TPSA) is 73.6 Å². The van der Waals surface area contributed by atoms with Crippen LogP contribution in [-0.4, -0.2) is 41.9 Å². The van der Waals surface area contributed by atoms with Crippen LogP contribution in [0.25, 0.3) is 11.1 Å². The average Bonchev–Trinajstić information content (AvgIpc) is 2.97. The number of aliphatic hydroxyl groups is 1. The standard InChI is InChI=1S/C20H20N2O3/c1-14(12-21)22(10-11-23)20(24)25-13-19-17-8-4-2-6-15(17)16-7-3-5-9-18(16)19/h2-9,14,19,23H,10-11,13H2,1H3. The van der Waals surface area contributed by atoms with Gasteiger partial charge in [-0.15, -0.1) is 0 Å². The molecule has 0 heterocycles. The van der Waals surface area contributed by atoms with Crippen LogP contribution in [0.3, 0.4) is 0 Å². The zero-order valence-corrected chi connectivity index (χ0v) is 14.1. The summed E-state index contributed by atoms with van der Waals surface area (Å²) in [6.07, 6.45) is -0.579. The maximum atomic E-state index is 12.4. The van der Waals surface area contributed by atoms with E-state index in [1.165, 1.54) is 4.90 Å². The maximum Gasteiger partial charge on any atom is 0.410 e.